The Morgan fingerprint density at radius 2 is 1.89 bits per heavy atom. The highest BCUT2D eigenvalue weighted by Crippen LogP contribution is 2.22. The third kappa shape index (κ3) is 2.73. The average molecular weight is 255 g/mol. The summed E-state index contributed by atoms with van der Waals surface area (Å²) in [6.45, 7) is 5.69. The average Bonchev–Trinajstić information content (AvgIpc) is 2.36. The molecule has 0 unspecified atom stereocenters. The van der Waals surface area contributed by atoms with Crippen LogP contribution in [0.25, 0.3) is 0 Å². The number of nitrogens with two attached hydrogens (primary N) is 1. The first-order chi connectivity index (χ1) is 8.99. The second-order valence-corrected chi connectivity index (χ2v) is 4.65. The Labute approximate surface area is 112 Å². The molecule has 0 bridgehead atoms. The number of aromatic nitrogens is 1. The van der Waals surface area contributed by atoms with Crippen LogP contribution in [0.3, 0.4) is 0 Å². The van der Waals surface area contributed by atoms with Gasteiger partial charge in [-0.3, -0.25) is 9.78 Å². The van der Waals surface area contributed by atoms with Crippen LogP contribution in [0.5, 0.6) is 0 Å². The highest BCUT2D eigenvalue weighted by Gasteiger charge is 2.12. The summed E-state index contributed by atoms with van der Waals surface area (Å²) in [5, 5.41) is 2.88. The second kappa shape index (κ2) is 5.10. The molecule has 98 valence electrons. The molecule has 0 saturated heterocycles. The van der Waals surface area contributed by atoms with Gasteiger partial charge in [-0.25, -0.2) is 0 Å². The van der Waals surface area contributed by atoms with Gasteiger partial charge in [0.25, 0.3) is 5.91 Å². The number of hydrogen-bond donors (Lipinski definition) is 2. The van der Waals surface area contributed by atoms with Crippen LogP contribution in [-0.2, 0) is 0 Å². The first-order valence-electron chi connectivity index (χ1n) is 6.08. The normalized spacial score (nSPS) is 10.3. The van der Waals surface area contributed by atoms with E-state index in [9.17, 15) is 4.79 Å². The fourth-order valence-corrected chi connectivity index (χ4v) is 1.88. The van der Waals surface area contributed by atoms with Crippen molar-refractivity contribution >= 4 is 17.3 Å². The lowest BCUT2D eigenvalue weighted by Gasteiger charge is -2.11. The molecule has 2 aromatic rings. The molecule has 0 spiro atoms. The van der Waals surface area contributed by atoms with Gasteiger partial charge in [0.15, 0.2) is 0 Å². The van der Waals surface area contributed by atoms with Crippen molar-refractivity contribution in [1.29, 1.82) is 0 Å². The molecule has 1 aromatic carbocycles. The molecule has 4 nitrogen and oxygen atoms in total. The fraction of sp³-hybridized carbons (Fsp3) is 0.200. The predicted octanol–water partition coefficient (Wildman–Crippen LogP) is 2.84. The highest BCUT2D eigenvalue weighted by atomic mass is 16.1. The van der Waals surface area contributed by atoms with Crippen molar-refractivity contribution in [3.63, 3.8) is 0 Å². The number of carbonyl (C=O) groups excluding carboxylic acids is 1. The lowest BCUT2D eigenvalue weighted by atomic mass is 10.1. The Bertz CT molecular complexity index is 635. The minimum absolute atomic E-state index is 0.203. The van der Waals surface area contributed by atoms with Gasteiger partial charge in [0, 0.05) is 17.6 Å². The number of aryl methyl sites for hydroxylation is 3. The summed E-state index contributed by atoms with van der Waals surface area (Å²) in [5.74, 6) is -0.203. The molecule has 0 atom stereocenters. The Morgan fingerprint density at radius 1 is 1.16 bits per heavy atom. The third-order valence-electron chi connectivity index (χ3n) is 3.09. The van der Waals surface area contributed by atoms with Gasteiger partial charge < -0.3 is 11.1 Å². The first-order valence-corrected chi connectivity index (χ1v) is 6.08. The molecule has 0 fully saturated rings. The molecule has 2 rings (SSSR count). The van der Waals surface area contributed by atoms with Crippen molar-refractivity contribution in [3.8, 4) is 0 Å². The molecule has 0 saturated carbocycles. The number of anilines is 2. The number of carbonyl (C=O) groups is 1. The number of amides is 1. The van der Waals surface area contributed by atoms with E-state index in [-0.39, 0.29) is 5.91 Å². The number of rotatable bonds is 2. The molecule has 1 amide bonds. The number of nitrogens with zero attached hydrogens (tertiary/aromatic N) is 1. The van der Waals surface area contributed by atoms with E-state index < -0.39 is 0 Å². The van der Waals surface area contributed by atoms with Gasteiger partial charge in [-0.2, -0.15) is 0 Å². The Kier molecular flexibility index (Phi) is 3.51. The van der Waals surface area contributed by atoms with E-state index in [2.05, 4.69) is 10.3 Å². The molecule has 0 aliphatic heterocycles. The van der Waals surface area contributed by atoms with Crippen molar-refractivity contribution < 1.29 is 4.79 Å². The summed E-state index contributed by atoms with van der Waals surface area (Å²) in [4.78, 5) is 16.3. The van der Waals surface area contributed by atoms with Crippen molar-refractivity contribution in [1.82, 2.24) is 4.98 Å². The van der Waals surface area contributed by atoms with Crippen molar-refractivity contribution in [2.45, 2.75) is 20.8 Å². The van der Waals surface area contributed by atoms with Crippen LogP contribution in [0.2, 0.25) is 0 Å². The molecular weight excluding hydrogens is 238 g/mol. The molecule has 1 aromatic heterocycles. The minimum Gasteiger partial charge on any atom is -0.399 e. The van der Waals surface area contributed by atoms with E-state index in [1.165, 1.54) is 0 Å². The topological polar surface area (TPSA) is 68.0 Å². The lowest BCUT2D eigenvalue weighted by molar-refractivity contribution is 0.102. The van der Waals surface area contributed by atoms with Crippen molar-refractivity contribution in [2.75, 3.05) is 11.1 Å². The summed E-state index contributed by atoms with van der Waals surface area (Å²) in [6.07, 6.45) is 1.61. The van der Waals surface area contributed by atoms with E-state index in [1.807, 2.05) is 45.0 Å². The standard InChI is InChI=1S/C15H17N3O/c1-9-5-4-6-17-14(9)15(19)18-13-8-10(2)12(16)7-11(13)3/h4-8H,16H2,1-3H3,(H,18,19). The van der Waals surface area contributed by atoms with Crippen LogP contribution in [0.1, 0.15) is 27.2 Å². The molecule has 4 heteroatoms. The maximum absolute atomic E-state index is 12.2. The predicted molar refractivity (Wildman–Crippen MR) is 77.3 cm³/mol. The van der Waals surface area contributed by atoms with Gasteiger partial charge in [0.05, 0.1) is 0 Å². The van der Waals surface area contributed by atoms with E-state index in [1.54, 1.807) is 6.20 Å². The second-order valence-electron chi connectivity index (χ2n) is 4.65. The number of nitrogens with one attached hydrogen (secondary N) is 1. The van der Waals surface area contributed by atoms with Gasteiger partial charge in [-0.1, -0.05) is 6.07 Å². The van der Waals surface area contributed by atoms with Gasteiger partial charge in [-0.15, -0.1) is 0 Å². The molecule has 0 aliphatic carbocycles. The first kappa shape index (κ1) is 13.1. The van der Waals surface area contributed by atoms with Crippen LogP contribution in [0, 0.1) is 20.8 Å². The lowest BCUT2D eigenvalue weighted by Crippen LogP contribution is -2.16. The van der Waals surface area contributed by atoms with Crippen LogP contribution in [0.4, 0.5) is 11.4 Å². The summed E-state index contributed by atoms with van der Waals surface area (Å²) in [5.41, 5.74) is 10.5. The van der Waals surface area contributed by atoms with Gasteiger partial charge in [0.2, 0.25) is 0 Å². The molecular formula is C15H17N3O. The summed E-state index contributed by atoms with van der Waals surface area (Å²) < 4.78 is 0. The number of benzene rings is 1. The quantitative estimate of drug-likeness (QED) is 0.811. The Morgan fingerprint density at radius 3 is 2.58 bits per heavy atom. The minimum atomic E-state index is -0.203. The van der Waals surface area contributed by atoms with Gasteiger partial charge in [-0.05, 0) is 55.7 Å². The Hall–Kier alpha value is -2.36. The summed E-state index contributed by atoms with van der Waals surface area (Å²) >= 11 is 0. The SMILES string of the molecule is Cc1cc(NC(=O)c2ncccc2C)c(C)cc1N. The van der Waals surface area contributed by atoms with Crippen LogP contribution in [-0.4, -0.2) is 10.9 Å². The summed E-state index contributed by atoms with van der Waals surface area (Å²) in [6, 6.07) is 7.41. The van der Waals surface area contributed by atoms with E-state index >= 15 is 0 Å². The summed E-state index contributed by atoms with van der Waals surface area (Å²) in [7, 11) is 0. The maximum Gasteiger partial charge on any atom is 0.274 e. The van der Waals surface area contributed by atoms with Crippen molar-refractivity contribution in [3.05, 3.63) is 52.8 Å². The fourth-order valence-electron chi connectivity index (χ4n) is 1.88. The van der Waals surface area contributed by atoms with Crippen LogP contribution in [0.15, 0.2) is 30.5 Å². The van der Waals surface area contributed by atoms with Gasteiger partial charge >= 0.3 is 0 Å². The molecule has 19 heavy (non-hydrogen) atoms. The number of hydrogen-bond acceptors (Lipinski definition) is 3. The number of nitrogen functional groups attached to an aromatic ring is 1. The molecule has 0 radical (unpaired) electrons. The molecule has 1 heterocycles. The largest absolute Gasteiger partial charge is 0.399 e. The molecule has 0 aliphatic rings. The van der Waals surface area contributed by atoms with Crippen LogP contribution < -0.4 is 11.1 Å². The van der Waals surface area contributed by atoms with E-state index in [4.69, 9.17) is 5.73 Å². The van der Waals surface area contributed by atoms with Gasteiger partial charge in [0.1, 0.15) is 5.69 Å². The van der Waals surface area contributed by atoms with Crippen LogP contribution >= 0.6 is 0 Å². The Balaban J connectivity index is 2.30. The zero-order valence-corrected chi connectivity index (χ0v) is 11.3. The highest BCUT2D eigenvalue weighted by molar-refractivity contribution is 6.04. The zero-order chi connectivity index (χ0) is 14.0. The van der Waals surface area contributed by atoms with Crippen molar-refractivity contribution in [2.24, 2.45) is 0 Å². The monoisotopic (exact) mass is 255 g/mol. The van der Waals surface area contributed by atoms with E-state index in [0.29, 0.717) is 5.69 Å². The zero-order valence-electron chi connectivity index (χ0n) is 11.3. The molecule has 3 N–H and O–H groups in total. The third-order valence-corrected chi connectivity index (χ3v) is 3.09. The van der Waals surface area contributed by atoms with E-state index in [0.717, 1.165) is 28.1 Å². The smallest absolute Gasteiger partial charge is 0.274 e. The maximum atomic E-state index is 12.2. The number of pyridine rings is 1.